The summed E-state index contributed by atoms with van der Waals surface area (Å²) in [4.78, 5) is 27.5. The first kappa shape index (κ1) is 14.8. The SMILES string of the molecule is CC1C(=O)NC2(CCCCC2)C(=O)N1C1(C)CCCOC1. The van der Waals surface area contributed by atoms with Crippen LogP contribution in [0.15, 0.2) is 0 Å². The van der Waals surface area contributed by atoms with Crippen LogP contribution >= 0.6 is 0 Å². The highest BCUT2D eigenvalue weighted by molar-refractivity contribution is 6.00. The number of piperazine rings is 1. The number of rotatable bonds is 1. The number of hydrogen-bond donors (Lipinski definition) is 1. The molecule has 2 unspecified atom stereocenters. The zero-order chi connectivity index (χ0) is 15.1. The zero-order valence-electron chi connectivity index (χ0n) is 13.1. The van der Waals surface area contributed by atoms with Crippen LogP contribution in [-0.2, 0) is 14.3 Å². The third kappa shape index (κ3) is 2.35. The van der Waals surface area contributed by atoms with Crippen molar-refractivity contribution >= 4 is 11.8 Å². The molecule has 3 rings (SSSR count). The van der Waals surface area contributed by atoms with Crippen LogP contribution in [0.5, 0.6) is 0 Å². The summed E-state index contributed by atoms with van der Waals surface area (Å²) in [6.45, 7) is 5.19. The molecule has 2 heterocycles. The summed E-state index contributed by atoms with van der Waals surface area (Å²) in [6, 6.07) is -0.406. The normalized spacial score (nSPS) is 36.7. The molecule has 0 aromatic heterocycles. The lowest BCUT2D eigenvalue weighted by atomic mass is 9.76. The Balaban J connectivity index is 1.93. The van der Waals surface area contributed by atoms with Crippen LogP contribution < -0.4 is 5.32 Å². The van der Waals surface area contributed by atoms with Gasteiger partial charge in [0.15, 0.2) is 0 Å². The second-order valence-corrected chi connectivity index (χ2v) is 7.14. The van der Waals surface area contributed by atoms with Gasteiger partial charge < -0.3 is 15.0 Å². The van der Waals surface area contributed by atoms with E-state index in [9.17, 15) is 9.59 Å². The first-order valence-electron chi connectivity index (χ1n) is 8.22. The maximum absolute atomic E-state index is 13.2. The Morgan fingerprint density at radius 3 is 2.48 bits per heavy atom. The molecule has 0 radical (unpaired) electrons. The Hall–Kier alpha value is -1.10. The van der Waals surface area contributed by atoms with Crippen LogP contribution in [0.3, 0.4) is 0 Å². The molecule has 5 nitrogen and oxygen atoms in total. The van der Waals surface area contributed by atoms with Crippen LogP contribution in [0.2, 0.25) is 0 Å². The highest BCUT2D eigenvalue weighted by Crippen LogP contribution is 2.38. The number of carbonyl (C=O) groups is 2. The average molecular weight is 294 g/mol. The van der Waals surface area contributed by atoms with E-state index in [0.717, 1.165) is 51.6 Å². The second-order valence-electron chi connectivity index (χ2n) is 7.14. The van der Waals surface area contributed by atoms with Crippen molar-refractivity contribution in [2.75, 3.05) is 13.2 Å². The van der Waals surface area contributed by atoms with Crippen molar-refractivity contribution < 1.29 is 14.3 Å². The van der Waals surface area contributed by atoms with Gasteiger partial charge in [0, 0.05) is 6.61 Å². The third-order valence-electron chi connectivity index (χ3n) is 5.46. The van der Waals surface area contributed by atoms with Crippen molar-refractivity contribution in [3.05, 3.63) is 0 Å². The molecular formula is C16H26N2O3. The van der Waals surface area contributed by atoms with Gasteiger partial charge in [0.05, 0.1) is 12.1 Å². The van der Waals surface area contributed by atoms with E-state index in [-0.39, 0.29) is 17.4 Å². The van der Waals surface area contributed by atoms with Crippen molar-refractivity contribution in [3.63, 3.8) is 0 Å². The topological polar surface area (TPSA) is 58.6 Å². The highest BCUT2D eigenvalue weighted by Gasteiger charge is 2.54. The van der Waals surface area contributed by atoms with Crippen LogP contribution in [-0.4, -0.2) is 47.0 Å². The van der Waals surface area contributed by atoms with E-state index in [0.29, 0.717) is 6.61 Å². The van der Waals surface area contributed by atoms with E-state index >= 15 is 0 Å². The van der Waals surface area contributed by atoms with Gasteiger partial charge in [-0.25, -0.2) is 0 Å². The van der Waals surface area contributed by atoms with E-state index < -0.39 is 11.6 Å². The smallest absolute Gasteiger partial charge is 0.249 e. The maximum atomic E-state index is 13.2. The minimum Gasteiger partial charge on any atom is -0.379 e. The molecule has 0 bridgehead atoms. The molecule has 5 heteroatoms. The van der Waals surface area contributed by atoms with Crippen LogP contribution in [0, 0.1) is 0 Å². The predicted octanol–water partition coefficient (Wildman–Crippen LogP) is 1.61. The summed E-state index contributed by atoms with van der Waals surface area (Å²) in [6.07, 6.45) is 6.59. The number of amides is 2. The molecule has 2 amide bonds. The van der Waals surface area contributed by atoms with Gasteiger partial charge in [0.25, 0.3) is 0 Å². The van der Waals surface area contributed by atoms with E-state index in [1.807, 2.05) is 11.8 Å². The van der Waals surface area contributed by atoms with E-state index in [4.69, 9.17) is 4.74 Å². The monoisotopic (exact) mass is 294 g/mol. The zero-order valence-corrected chi connectivity index (χ0v) is 13.1. The molecule has 1 aliphatic carbocycles. The quantitative estimate of drug-likeness (QED) is 0.799. The average Bonchev–Trinajstić information content (AvgIpc) is 2.47. The van der Waals surface area contributed by atoms with Gasteiger partial charge in [-0.3, -0.25) is 9.59 Å². The van der Waals surface area contributed by atoms with E-state index in [2.05, 4.69) is 12.2 Å². The fourth-order valence-electron chi connectivity index (χ4n) is 4.23. The molecule has 1 spiro atoms. The van der Waals surface area contributed by atoms with E-state index in [1.165, 1.54) is 0 Å². The Morgan fingerprint density at radius 1 is 1.14 bits per heavy atom. The van der Waals surface area contributed by atoms with Gasteiger partial charge in [-0.2, -0.15) is 0 Å². The van der Waals surface area contributed by atoms with Gasteiger partial charge in [-0.15, -0.1) is 0 Å². The highest BCUT2D eigenvalue weighted by atomic mass is 16.5. The number of carbonyl (C=O) groups excluding carboxylic acids is 2. The van der Waals surface area contributed by atoms with Gasteiger partial charge >= 0.3 is 0 Å². The summed E-state index contributed by atoms with van der Waals surface area (Å²) in [5.74, 6) is 0.102. The van der Waals surface area contributed by atoms with Crippen molar-refractivity contribution in [1.82, 2.24) is 10.2 Å². The summed E-state index contributed by atoms with van der Waals surface area (Å²) < 4.78 is 5.62. The molecule has 2 aliphatic heterocycles. The summed E-state index contributed by atoms with van der Waals surface area (Å²) in [5.41, 5.74) is -1.00. The standard InChI is InChI=1S/C16H26N2O3/c1-12-13(19)17-16(8-4-3-5-9-16)14(20)18(12)15(2)7-6-10-21-11-15/h12H,3-11H2,1-2H3,(H,17,19). The largest absolute Gasteiger partial charge is 0.379 e. The summed E-state index contributed by atoms with van der Waals surface area (Å²) in [7, 11) is 0. The lowest BCUT2D eigenvalue weighted by Gasteiger charge is -2.54. The lowest BCUT2D eigenvalue weighted by molar-refractivity contribution is -0.169. The lowest BCUT2D eigenvalue weighted by Crippen LogP contribution is -2.75. The van der Waals surface area contributed by atoms with Crippen molar-refractivity contribution in [3.8, 4) is 0 Å². The van der Waals surface area contributed by atoms with Crippen LogP contribution in [0.4, 0.5) is 0 Å². The molecule has 1 saturated carbocycles. The molecule has 1 N–H and O–H groups in total. The number of ether oxygens (including phenoxy) is 1. The molecular weight excluding hydrogens is 268 g/mol. The molecule has 0 aromatic rings. The summed E-state index contributed by atoms with van der Waals surface area (Å²) in [5, 5.41) is 3.05. The van der Waals surface area contributed by atoms with Crippen molar-refractivity contribution in [1.29, 1.82) is 0 Å². The van der Waals surface area contributed by atoms with Gasteiger partial charge in [0.1, 0.15) is 11.6 Å². The molecule has 2 atom stereocenters. The second kappa shape index (κ2) is 5.27. The fraction of sp³-hybridized carbons (Fsp3) is 0.875. The van der Waals surface area contributed by atoms with Crippen molar-refractivity contribution in [2.24, 2.45) is 0 Å². The molecule has 3 aliphatic rings. The molecule has 2 saturated heterocycles. The Kier molecular flexibility index (Phi) is 3.72. The number of nitrogens with zero attached hydrogens (tertiary/aromatic N) is 1. The fourth-order valence-corrected chi connectivity index (χ4v) is 4.23. The van der Waals surface area contributed by atoms with Crippen LogP contribution in [0.1, 0.15) is 58.8 Å². The maximum Gasteiger partial charge on any atom is 0.249 e. The summed E-state index contributed by atoms with van der Waals surface area (Å²) >= 11 is 0. The number of hydrogen-bond acceptors (Lipinski definition) is 3. The van der Waals surface area contributed by atoms with Crippen molar-refractivity contribution in [2.45, 2.75) is 75.9 Å². The van der Waals surface area contributed by atoms with Gasteiger partial charge in [-0.1, -0.05) is 19.3 Å². The molecule has 21 heavy (non-hydrogen) atoms. The van der Waals surface area contributed by atoms with Gasteiger partial charge in [-0.05, 0) is 39.5 Å². The molecule has 3 fully saturated rings. The Labute approximate surface area is 126 Å². The van der Waals surface area contributed by atoms with E-state index in [1.54, 1.807) is 0 Å². The first-order valence-corrected chi connectivity index (χ1v) is 8.22. The third-order valence-corrected chi connectivity index (χ3v) is 5.46. The minimum absolute atomic E-state index is 0.0108. The first-order chi connectivity index (χ1) is 9.99. The minimum atomic E-state index is -0.650. The predicted molar refractivity (Wildman–Crippen MR) is 78.7 cm³/mol. The van der Waals surface area contributed by atoms with Crippen LogP contribution in [0.25, 0.3) is 0 Å². The molecule has 118 valence electrons. The molecule has 0 aromatic carbocycles. The van der Waals surface area contributed by atoms with Gasteiger partial charge in [0.2, 0.25) is 11.8 Å². The number of nitrogens with one attached hydrogen (secondary N) is 1. The Morgan fingerprint density at radius 2 is 1.86 bits per heavy atom. The Bertz CT molecular complexity index is 437.